The minimum atomic E-state index is -0.266. The Hall–Kier alpha value is -0.700. The normalized spacial score (nSPS) is 14.9. The van der Waals surface area contributed by atoms with Gasteiger partial charge >= 0.3 is 0 Å². The molecular formula is C11H12BrFO. The van der Waals surface area contributed by atoms with Crippen LogP contribution in [0.1, 0.15) is 25.3 Å². The maximum Gasteiger partial charge on any atom is 0.144 e. The number of hydrogen-bond donors (Lipinski definition) is 0. The average molecular weight is 259 g/mol. The Morgan fingerprint density at radius 1 is 1.50 bits per heavy atom. The highest BCUT2D eigenvalue weighted by Crippen LogP contribution is 2.25. The minimum absolute atomic E-state index is 0.0109. The first-order valence-corrected chi connectivity index (χ1v) is 5.34. The molecule has 0 radical (unpaired) electrons. The van der Waals surface area contributed by atoms with Gasteiger partial charge in [0, 0.05) is 5.92 Å². The number of carbonyl (C=O) groups is 1. The third-order valence-electron chi connectivity index (χ3n) is 2.20. The Labute approximate surface area is 91.5 Å². The van der Waals surface area contributed by atoms with Gasteiger partial charge in [0.25, 0.3) is 0 Å². The van der Waals surface area contributed by atoms with Crippen molar-refractivity contribution in [3.05, 3.63) is 35.6 Å². The first kappa shape index (κ1) is 11.4. The lowest BCUT2D eigenvalue weighted by molar-refractivity contribution is -0.116. The summed E-state index contributed by atoms with van der Waals surface area (Å²) in [6.45, 7) is 3.42. The summed E-state index contributed by atoms with van der Waals surface area (Å²) in [5, 5.41) is 0. The van der Waals surface area contributed by atoms with Crippen molar-refractivity contribution in [2.45, 2.75) is 24.6 Å². The lowest BCUT2D eigenvalue weighted by atomic mass is 9.96. The van der Waals surface area contributed by atoms with Crippen LogP contribution in [0.2, 0.25) is 0 Å². The Bertz CT molecular complexity index is 338. The first-order chi connectivity index (χ1) is 6.52. The summed E-state index contributed by atoms with van der Waals surface area (Å²) in [7, 11) is 0. The monoisotopic (exact) mass is 258 g/mol. The molecule has 1 aromatic rings. The maximum absolute atomic E-state index is 12.9. The number of halogens is 2. The number of rotatable bonds is 3. The van der Waals surface area contributed by atoms with Gasteiger partial charge in [0.2, 0.25) is 0 Å². The third kappa shape index (κ3) is 2.64. The van der Waals surface area contributed by atoms with Gasteiger partial charge in [0.15, 0.2) is 0 Å². The van der Waals surface area contributed by atoms with Crippen LogP contribution in [0.15, 0.2) is 24.3 Å². The van der Waals surface area contributed by atoms with Crippen molar-refractivity contribution in [2.24, 2.45) is 0 Å². The van der Waals surface area contributed by atoms with E-state index in [1.54, 1.807) is 6.07 Å². The van der Waals surface area contributed by atoms with E-state index in [4.69, 9.17) is 0 Å². The fourth-order valence-electron chi connectivity index (χ4n) is 1.31. The van der Waals surface area contributed by atoms with Gasteiger partial charge in [-0.05, 0) is 24.6 Å². The van der Waals surface area contributed by atoms with Gasteiger partial charge in [-0.3, -0.25) is 4.79 Å². The molecule has 14 heavy (non-hydrogen) atoms. The number of alkyl halides is 1. The molecule has 2 unspecified atom stereocenters. The molecule has 3 heteroatoms. The van der Waals surface area contributed by atoms with Crippen LogP contribution >= 0.6 is 15.9 Å². The molecule has 0 aliphatic heterocycles. The second-order valence-corrected chi connectivity index (χ2v) is 4.34. The average Bonchev–Trinajstić information content (AvgIpc) is 2.15. The van der Waals surface area contributed by atoms with Crippen LogP contribution in [0, 0.1) is 5.82 Å². The van der Waals surface area contributed by atoms with Crippen LogP contribution in [0.3, 0.4) is 0 Å². The van der Waals surface area contributed by atoms with Gasteiger partial charge in [-0.2, -0.15) is 0 Å². The van der Waals surface area contributed by atoms with Crippen molar-refractivity contribution in [2.75, 3.05) is 0 Å². The summed E-state index contributed by atoms with van der Waals surface area (Å²) in [5.41, 5.74) is 0.835. The highest BCUT2D eigenvalue weighted by molar-refractivity contribution is 9.10. The highest BCUT2D eigenvalue weighted by Gasteiger charge is 2.20. The maximum atomic E-state index is 12.9. The molecule has 0 spiro atoms. The lowest BCUT2D eigenvalue weighted by Gasteiger charge is -2.15. The first-order valence-electron chi connectivity index (χ1n) is 4.42. The van der Waals surface area contributed by atoms with Crippen molar-refractivity contribution in [1.82, 2.24) is 0 Å². The number of carbonyl (C=O) groups excluding carboxylic acids is 1. The summed E-state index contributed by atoms with van der Waals surface area (Å²) in [6.07, 6.45) is 0. The van der Waals surface area contributed by atoms with E-state index in [0.29, 0.717) is 0 Å². The third-order valence-corrected chi connectivity index (χ3v) is 3.64. The van der Waals surface area contributed by atoms with E-state index in [2.05, 4.69) is 15.9 Å². The molecule has 0 bridgehead atoms. The van der Waals surface area contributed by atoms with Crippen molar-refractivity contribution in [3.63, 3.8) is 0 Å². The van der Waals surface area contributed by atoms with Gasteiger partial charge in [0.1, 0.15) is 11.6 Å². The molecule has 0 aliphatic carbocycles. The van der Waals surface area contributed by atoms with E-state index in [1.807, 2.05) is 13.0 Å². The molecule has 0 N–H and O–H groups in total. The second kappa shape index (κ2) is 4.69. The summed E-state index contributed by atoms with van der Waals surface area (Å²) < 4.78 is 12.9. The summed E-state index contributed by atoms with van der Waals surface area (Å²) >= 11 is 3.30. The molecular weight excluding hydrogens is 247 g/mol. The zero-order valence-electron chi connectivity index (χ0n) is 8.13. The summed E-state index contributed by atoms with van der Waals surface area (Å²) in [4.78, 5) is 10.9. The number of ketones is 1. The predicted octanol–water partition coefficient (Wildman–Crippen LogP) is 3.28. The van der Waals surface area contributed by atoms with E-state index in [0.717, 1.165) is 5.56 Å². The van der Waals surface area contributed by atoms with Gasteiger partial charge < -0.3 is 0 Å². The Balaban J connectivity index is 2.89. The molecule has 1 rings (SSSR count). The van der Waals surface area contributed by atoms with Gasteiger partial charge in [-0.15, -0.1) is 0 Å². The molecule has 0 aliphatic rings. The van der Waals surface area contributed by atoms with E-state index in [9.17, 15) is 9.18 Å². The molecule has 2 atom stereocenters. The number of benzene rings is 1. The van der Waals surface area contributed by atoms with Crippen molar-refractivity contribution >= 4 is 21.7 Å². The molecule has 0 heterocycles. The van der Waals surface area contributed by atoms with E-state index in [-0.39, 0.29) is 22.3 Å². The molecule has 1 nitrogen and oxygen atoms in total. The van der Waals surface area contributed by atoms with Crippen LogP contribution in [0.25, 0.3) is 0 Å². The summed E-state index contributed by atoms with van der Waals surface area (Å²) in [5.74, 6) is -0.220. The molecule has 0 aromatic heterocycles. The zero-order chi connectivity index (χ0) is 10.7. The van der Waals surface area contributed by atoms with Crippen molar-refractivity contribution < 1.29 is 9.18 Å². The largest absolute Gasteiger partial charge is 0.299 e. The number of Topliss-reactive ketones (excluding diaryl/α,β-unsaturated/α-hetero) is 1. The van der Waals surface area contributed by atoms with E-state index in [1.165, 1.54) is 19.1 Å². The van der Waals surface area contributed by atoms with E-state index >= 15 is 0 Å². The molecule has 0 fully saturated rings. The minimum Gasteiger partial charge on any atom is -0.299 e. The van der Waals surface area contributed by atoms with Crippen molar-refractivity contribution in [1.29, 1.82) is 0 Å². The molecule has 1 aromatic carbocycles. The van der Waals surface area contributed by atoms with Gasteiger partial charge in [0.05, 0.1) is 4.83 Å². The molecule has 76 valence electrons. The van der Waals surface area contributed by atoms with Crippen molar-refractivity contribution in [3.8, 4) is 0 Å². The Morgan fingerprint density at radius 2 is 2.14 bits per heavy atom. The van der Waals surface area contributed by atoms with Gasteiger partial charge in [-0.1, -0.05) is 35.0 Å². The quantitative estimate of drug-likeness (QED) is 0.761. The molecule has 0 amide bonds. The Kier molecular flexibility index (Phi) is 3.81. The molecule has 0 saturated heterocycles. The topological polar surface area (TPSA) is 17.1 Å². The predicted molar refractivity (Wildman–Crippen MR) is 58.2 cm³/mol. The van der Waals surface area contributed by atoms with Crippen LogP contribution in [0.4, 0.5) is 4.39 Å². The van der Waals surface area contributed by atoms with Crippen LogP contribution in [-0.4, -0.2) is 10.6 Å². The van der Waals surface area contributed by atoms with E-state index < -0.39 is 0 Å². The number of hydrogen-bond acceptors (Lipinski definition) is 1. The van der Waals surface area contributed by atoms with Crippen LogP contribution < -0.4 is 0 Å². The fraction of sp³-hybridized carbons (Fsp3) is 0.364. The SMILES string of the molecule is CC(=O)C(Br)C(C)c1cccc(F)c1. The fourth-order valence-corrected chi connectivity index (χ4v) is 1.62. The standard InChI is InChI=1S/C11H12BrFO/c1-7(11(12)8(2)14)9-4-3-5-10(13)6-9/h3-7,11H,1-2H3. The Morgan fingerprint density at radius 3 is 2.64 bits per heavy atom. The second-order valence-electron chi connectivity index (χ2n) is 3.36. The van der Waals surface area contributed by atoms with Crippen LogP contribution in [0.5, 0.6) is 0 Å². The smallest absolute Gasteiger partial charge is 0.144 e. The lowest BCUT2D eigenvalue weighted by Crippen LogP contribution is -2.17. The highest BCUT2D eigenvalue weighted by atomic mass is 79.9. The van der Waals surface area contributed by atoms with Crippen LogP contribution in [-0.2, 0) is 4.79 Å². The zero-order valence-corrected chi connectivity index (χ0v) is 9.71. The van der Waals surface area contributed by atoms with Gasteiger partial charge in [-0.25, -0.2) is 4.39 Å². The molecule has 0 saturated carbocycles. The summed E-state index contributed by atoms with van der Waals surface area (Å²) in [6, 6.07) is 6.33.